The highest BCUT2D eigenvalue weighted by Gasteiger charge is 2.16. The Hall–Kier alpha value is -1.53. The average Bonchev–Trinajstić information content (AvgIpc) is 2.64. The lowest BCUT2D eigenvalue weighted by atomic mass is 10.3. The Morgan fingerprint density at radius 3 is 2.76 bits per heavy atom. The minimum absolute atomic E-state index is 0.399. The molecule has 1 heterocycles. The number of hydrogen-bond donors (Lipinski definition) is 2. The molecule has 17 heavy (non-hydrogen) atoms. The smallest absolute Gasteiger partial charge is 0.360 e. The van der Waals surface area contributed by atoms with Crippen molar-refractivity contribution in [2.24, 2.45) is 0 Å². The molecule has 88 valence electrons. The summed E-state index contributed by atoms with van der Waals surface area (Å²) in [4.78, 5) is 10.7. The fourth-order valence-corrected chi connectivity index (χ4v) is 1.90. The van der Waals surface area contributed by atoms with E-state index in [0.29, 0.717) is 15.2 Å². The summed E-state index contributed by atoms with van der Waals surface area (Å²) < 4.78 is 1.93. The van der Waals surface area contributed by atoms with Gasteiger partial charge in [0.05, 0.1) is 11.9 Å². The van der Waals surface area contributed by atoms with E-state index in [-0.39, 0.29) is 0 Å². The second-order valence-corrected chi connectivity index (χ2v) is 4.50. The van der Waals surface area contributed by atoms with Crippen molar-refractivity contribution in [3.63, 3.8) is 0 Å². The molecule has 0 atom stereocenters. The van der Waals surface area contributed by atoms with E-state index >= 15 is 0 Å². The lowest BCUT2D eigenvalue weighted by Gasteiger charge is -2.04. The fourth-order valence-electron chi connectivity index (χ4n) is 1.30. The molecule has 0 radical (unpaired) electrons. The molecule has 1 aromatic heterocycles. The first-order valence-corrected chi connectivity index (χ1v) is 5.63. The molecule has 2 aromatic rings. The van der Waals surface area contributed by atoms with Crippen molar-refractivity contribution >= 4 is 33.5 Å². The Morgan fingerprint density at radius 2 is 2.18 bits per heavy atom. The maximum absolute atomic E-state index is 10.7. The van der Waals surface area contributed by atoms with Gasteiger partial charge in [0, 0.05) is 9.50 Å². The normalized spacial score (nSPS) is 10.5. The molecule has 0 spiro atoms. The number of aromatic carboxylic acids is 1. The second-order valence-electron chi connectivity index (χ2n) is 3.21. The van der Waals surface area contributed by atoms with E-state index in [0.717, 1.165) is 0 Å². The van der Waals surface area contributed by atoms with E-state index in [1.54, 1.807) is 18.2 Å². The van der Waals surface area contributed by atoms with Crippen LogP contribution in [0.15, 0.2) is 28.9 Å². The van der Waals surface area contributed by atoms with Crippen LogP contribution in [-0.2, 0) is 0 Å². The van der Waals surface area contributed by atoms with Crippen LogP contribution in [-0.4, -0.2) is 26.0 Å². The number of nitrogens with zero attached hydrogens (tertiary/aromatic N) is 2. The highest BCUT2D eigenvalue weighted by molar-refractivity contribution is 9.10. The van der Waals surface area contributed by atoms with Crippen molar-refractivity contribution in [2.45, 2.75) is 0 Å². The molecule has 0 unspecified atom stereocenters. The molecule has 5 nitrogen and oxygen atoms in total. The van der Waals surface area contributed by atoms with E-state index in [1.165, 1.54) is 10.9 Å². The standard InChI is InChI=1S/C10H6BrClN2O3/c11-6-2-1-5(12)3-7(6)14-4-8(15)9(13-14)10(16)17/h1-4,15H,(H,16,17). The number of benzene rings is 1. The zero-order valence-corrected chi connectivity index (χ0v) is 10.6. The van der Waals surface area contributed by atoms with E-state index in [4.69, 9.17) is 16.7 Å². The molecule has 0 amide bonds. The first kappa shape index (κ1) is 11.9. The van der Waals surface area contributed by atoms with Gasteiger partial charge in [-0.25, -0.2) is 9.48 Å². The summed E-state index contributed by atoms with van der Waals surface area (Å²) in [6.07, 6.45) is 1.21. The third-order valence-corrected chi connectivity index (χ3v) is 2.96. The predicted molar refractivity (Wildman–Crippen MR) is 64.9 cm³/mol. The van der Waals surface area contributed by atoms with Crippen LogP contribution < -0.4 is 0 Å². The summed E-state index contributed by atoms with van der Waals surface area (Å²) in [7, 11) is 0. The second kappa shape index (κ2) is 4.38. The van der Waals surface area contributed by atoms with E-state index in [2.05, 4.69) is 21.0 Å². The van der Waals surface area contributed by atoms with Crippen molar-refractivity contribution in [2.75, 3.05) is 0 Å². The number of carboxylic acid groups (broad SMARTS) is 1. The predicted octanol–water partition coefficient (Wildman–Crippen LogP) is 2.69. The first-order valence-electron chi connectivity index (χ1n) is 4.46. The van der Waals surface area contributed by atoms with Gasteiger partial charge in [-0.3, -0.25) is 0 Å². The Kier molecular flexibility index (Phi) is 3.08. The fraction of sp³-hybridized carbons (Fsp3) is 0. The number of aromatic hydroxyl groups is 1. The van der Waals surface area contributed by atoms with Gasteiger partial charge in [-0.1, -0.05) is 11.6 Å². The molecule has 2 N–H and O–H groups in total. The monoisotopic (exact) mass is 316 g/mol. The lowest BCUT2D eigenvalue weighted by Crippen LogP contribution is -2.01. The van der Waals surface area contributed by atoms with E-state index < -0.39 is 17.4 Å². The van der Waals surface area contributed by atoms with Crippen LogP contribution in [0.25, 0.3) is 5.69 Å². The lowest BCUT2D eigenvalue weighted by molar-refractivity contribution is 0.0687. The summed E-state index contributed by atoms with van der Waals surface area (Å²) in [6, 6.07) is 4.98. The molecule has 0 saturated heterocycles. The molecular weight excluding hydrogens is 311 g/mol. The SMILES string of the molecule is O=C(O)c1nn(-c2cc(Cl)ccc2Br)cc1O. The molecule has 0 fully saturated rings. The van der Waals surface area contributed by atoms with Crippen LogP contribution in [0.5, 0.6) is 5.75 Å². The molecule has 0 bridgehead atoms. The summed E-state index contributed by atoms with van der Waals surface area (Å²) >= 11 is 9.12. The Labute approximate surface area is 109 Å². The summed E-state index contributed by atoms with van der Waals surface area (Å²) in [5.41, 5.74) is 0.136. The molecule has 1 aromatic carbocycles. The van der Waals surface area contributed by atoms with Gasteiger partial charge in [0.15, 0.2) is 5.75 Å². The van der Waals surface area contributed by atoms with Crippen LogP contribution in [0, 0.1) is 0 Å². The Balaban J connectivity index is 2.57. The van der Waals surface area contributed by atoms with Crippen molar-refractivity contribution in [3.05, 3.63) is 39.6 Å². The summed E-state index contributed by atoms with van der Waals surface area (Å²) in [5.74, 6) is -1.69. The number of hydrogen-bond acceptors (Lipinski definition) is 3. The third kappa shape index (κ3) is 2.27. The molecule has 0 aliphatic heterocycles. The number of carbonyl (C=O) groups is 1. The van der Waals surface area contributed by atoms with Gasteiger partial charge >= 0.3 is 5.97 Å². The maximum atomic E-state index is 10.7. The third-order valence-electron chi connectivity index (χ3n) is 2.05. The number of aromatic nitrogens is 2. The minimum Gasteiger partial charge on any atom is -0.504 e. The average molecular weight is 318 g/mol. The topological polar surface area (TPSA) is 75.3 Å². The Morgan fingerprint density at radius 1 is 1.47 bits per heavy atom. The van der Waals surface area contributed by atoms with Gasteiger partial charge in [-0.2, -0.15) is 5.10 Å². The van der Waals surface area contributed by atoms with Crippen LogP contribution in [0.3, 0.4) is 0 Å². The highest BCUT2D eigenvalue weighted by Crippen LogP contribution is 2.26. The van der Waals surface area contributed by atoms with Gasteiger partial charge in [-0.15, -0.1) is 0 Å². The van der Waals surface area contributed by atoms with Crippen molar-refractivity contribution in [1.29, 1.82) is 0 Å². The van der Waals surface area contributed by atoms with Gasteiger partial charge < -0.3 is 10.2 Å². The van der Waals surface area contributed by atoms with E-state index in [1.807, 2.05) is 0 Å². The van der Waals surface area contributed by atoms with Crippen LogP contribution in [0.2, 0.25) is 5.02 Å². The molecular formula is C10H6BrClN2O3. The van der Waals surface area contributed by atoms with Crippen molar-refractivity contribution in [3.8, 4) is 11.4 Å². The zero-order chi connectivity index (χ0) is 12.6. The number of rotatable bonds is 2. The van der Waals surface area contributed by atoms with E-state index in [9.17, 15) is 9.90 Å². The zero-order valence-electron chi connectivity index (χ0n) is 8.26. The minimum atomic E-state index is -1.29. The van der Waals surface area contributed by atoms with Gasteiger partial charge in [-0.05, 0) is 34.1 Å². The molecule has 7 heteroatoms. The maximum Gasteiger partial charge on any atom is 0.360 e. The summed E-state index contributed by atoms with van der Waals surface area (Å²) in [6.45, 7) is 0. The Bertz CT molecular complexity index is 597. The van der Waals surface area contributed by atoms with Crippen LogP contribution >= 0.6 is 27.5 Å². The quantitative estimate of drug-likeness (QED) is 0.893. The molecule has 2 rings (SSSR count). The number of carboxylic acids is 1. The first-order chi connectivity index (χ1) is 7.99. The van der Waals surface area contributed by atoms with Gasteiger partial charge in [0.25, 0.3) is 0 Å². The number of halogens is 2. The van der Waals surface area contributed by atoms with Crippen LogP contribution in [0.1, 0.15) is 10.5 Å². The van der Waals surface area contributed by atoms with Gasteiger partial charge in [0.2, 0.25) is 5.69 Å². The molecule has 0 saturated carbocycles. The molecule has 0 aliphatic rings. The molecule has 0 aliphatic carbocycles. The van der Waals surface area contributed by atoms with Gasteiger partial charge in [0.1, 0.15) is 0 Å². The van der Waals surface area contributed by atoms with Crippen molar-refractivity contribution < 1.29 is 15.0 Å². The summed E-state index contributed by atoms with van der Waals surface area (Å²) in [5, 5.41) is 22.4. The highest BCUT2D eigenvalue weighted by atomic mass is 79.9. The largest absolute Gasteiger partial charge is 0.504 e. The van der Waals surface area contributed by atoms with Crippen molar-refractivity contribution in [1.82, 2.24) is 9.78 Å². The van der Waals surface area contributed by atoms with Crippen LogP contribution in [0.4, 0.5) is 0 Å².